The summed E-state index contributed by atoms with van der Waals surface area (Å²) < 4.78 is 4.82. The van der Waals surface area contributed by atoms with Gasteiger partial charge in [-0.15, -0.1) is 0 Å². The first kappa shape index (κ1) is 13.8. The number of esters is 1. The lowest BCUT2D eigenvalue weighted by Gasteiger charge is -2.18. The van der Waals surface area contributed by atoms with Gasteiger partial charge in [0.25, 0.3) is 0 Å². The van der Waals surface area contributed by atoms with Crippen LogP contribution in [0.1, 0.15) is 32.6 Å². The Balaban J connectivity index is 2.27. The van der Waals surface area contributed by atoms with Crippen molar-refractivity contribution in [3.8, 4) is 0 Å². The third-order valence-corrected chi connectivity index (χ3v) is 4.24. The molecule has 1 fully saturated rings. The monoisotopic (exact) mass is 245 g/mol. The van der Waals surface area contributed by atoms with Gasteiger partial charge in [0.05, 0.1) is 7.11 Å². The van der Waals surface area contributed by atoms with Crippen molar-refractivity contribution in [3.63, 3.8) is 0 Å². The van der Waals surface area contributed by atoms with Crippen molar-refractivity contribution in [2.75, 3.05) is 25.2 Å². The Bertz CT molecular complexity index is 205. The quantitative estimate of drug-likeness (QED) is 0.697. The Morgan fingerprint density at radius 1 is 1.62 bits per heavy atom. The SMILES string of the molecule is CCCCC(NCC1CCSC1)C(=O)OC. The maximum Gasteiger partial charge on any atom is 0.322 e. The third-order valence-electron chi connectivity index (χ3n) is 3.01. The predicted octanol–water partition coefficient (Wildman–Crippen LogP) is 2.06. The zero-order valence-corrected chi connectivity index (χ0v) is 11.1. The fourth-order valence-electron chi connectivity index (χ4n) is 1.91. The number of rotatable bonds is 7. The Kier molecular flexibility index (Phi) is 6.88. The van der Waals surface area contributed by atoms with E-state index in [0.29, 0.717) is 0 Å². The van der Waals surface area contributed by atoms with Crippen molar-refractivity contribution >= 4 is 17.7 Å². The molecule has 0 aromatic rings. The first-order chi connectivity index (χ1) is 7.77. The highest BCUT2D eigenvalue weighted by Gasteiger charge is 2.21. The van der Waals surface area contributed by atoms with E-state index in [-0.39, 0.29) is 12.0 Å². The van der Waals surface area contributed by atoms with Crippen LogP contribution in [-0.4, -0.2) is 37.2 Å². The minimum absolute atomic E-state index is 0.101. The van der Waals surface area contributed by atoms with E-state index < -0.39 is 0 Å². The largest absolute Gasteiger partial charge is 0.468 e. The van der Waals surface area contributed by atoms with E-state index in [1.54, 1.807) is 0 Å². The van der Waals surface area contributed by atoms with E-state index in [0.717, 1.165) is 31.7 Å². The van der Waals surface area contributed by atoms with Crippen molar-refractivity contribution < 1.29 is 9.53 Å². The van der Waals surface area contributed by atoms with Crippen LogP contribution in [0, 0.1) is 5.92 Å². The van der Waals surface area contributed by atoms with Crippen LogP contribution >= 0.6 is 11.8 Å². The van der Waals surface area contributed by atoms with Gasteiger partial charge in [-0.2, -0.15) is 11.8 Å². The normalized spacial score (nSPS) is 22.0. The van der Waals surface area contributed by atoms with E-state index in [9.17, 15) is 4.79 Å². The first-order valence-corrected chi connectivity index (χ1v) is 7.32. The molecule has 0 spiro atoms. The van der Waals surface area contributed by atoms with E-state index >= 15 is 0 Å². The summed E-state index contributed by atoms with van der Waals surface area (Å²) in [4.78, 5) is 11.5. The minimum Gasteiger partial charge on any atom is -0.468 e. The Morgan fingerprint density at radius 3 is 3.00 bits per heavy atom. The van der Waals surface area contributed by atoms with Gasteiger partial charge in [-0.05, 0) is 36.8 Å². The molecule has 3 nitrogen and oxygen atoms in total. The van der Waals surface area contributed by atoms with Crippen molar-refractivity contribution in [3.05, 3.63) is 0 Å². The van der Waals surface area contributed by atoms with Crippen molar-refractivity contribution in [1.29, 1.82) is 0 Å². The summed E-state index contributed by atoms with van der Waals surface area (Å²) in [6.07, 6.45) is 4.36. The van der Waals surface area contributed by atoms with Crippen LogP contribution in [-0.2, 0) is 9.53 Å². The lowest BCUT2D eigenvalue weighted by atomic mass is 10.1. The summed E-state index contributed by atoms with van der Waals surface area (Å²) in [7, 11) is 1.47. The molecule has 16 heavy (non-hydrogen) atoms. The zero-order chi connectivity index (χ0) is 11.8. The highest BCUT2D eigenvalue weighted by molar-refractivity contribution is 7.99. The summed E-state index contributed by atoms with van der Waals surface area (Å²) in [5.41, 5.74) is 0. The van der Waals surface area contributed by atoms with Crippen LogP contribution < -0.4 is 5.32 Å². The second-order valence-electron chi connectivity index (χ2n) is 4.36. The van der Waals surface area contributed by atoms with Crippen molar-refractivity contribution in [2.45, 2.75) is 38.6 Å². The molecule has 0 aliphatic carbocycles. The summed E-state index contributed by atoms with van der Waals surface area (Å²) in [6, 6.07) is -0.101. The highest BCUT2D eigenvalue weighted by atomic mass is 32.2. The molecule has 4 heteroatoms. The number of hydrogen-bond donors (Lipinski definition) is 1. The topological polar surface area (TPSA) is 38.3 Å². The average Bonchev–Trinajstić information content (AvgIpc) is 2.81. The molecule has 1 saturated heterocycles. The summed E-state index contributed by atoms with van der Waals surface area (Å²) in [5.74, 6) is 3.12. The van der Waals surface area contributed by atoms with Gasteiger partial charge in [0.15, 0.2) is 0 Å². The van der Waals surface area contributed by atoms with E-state index in [1.807, 2.05) is 11.8 Å². The fraction of sp³-hybridized carbons (Fsp3) is 0.917. The van der Waals surface area contributed by atoms with Gasteiger partial charge in [0, 0.05) is 0 Å². The minimum atomic E-state index is -0.112. The molecular formula is C12H23NO2S. The second kappa shape index (κ2) is 7.96. The van der Waals surface area contributed by atoms with Crippen molar-refractivity contribution in [1.82, 2.24) is 5.32 Å². The second-order valence-corrected chi connectivity index (χ2v) is 5.51. The van der Waals surface area contributed by atoms with E-state index in [1.165, 1.54) is 25.0 Å². The maximum absolute atomic E-state index is 11.5. The molecule has 0 aromatic carbocycles. The number of unbranched alkanes of at least 4 members (excludes halogenated alkanes) is 1. The Labute approximate surface area is 103 Å². The number of thioether (sulfide) groups is 1. The molecule has 1 aliphatic heterocycles. The van der Waals surface area contributed by atoms with Crippen LogP contribution in [0.25, 0.3) is 0 Å². The molecule has 2 unspecified atom stereocenters. The number of hydrogen-bond acceptors (Lipinski definition) is 4. The lowest BCUT2D eigenvalue weighted by Crippen LogP contribution is -2.40. The molecule has 0 aromatic heterocycles. The van der Waals surface area contributed by atoms with Gasteiger partial charge in [0.1, 0.15) is 6.04 Å². The lowest BCUT2D eigenvalue weighted by molar-refractivity contribution is -0.143. The molecule has 1 aliphatic rings. The summed E-state index contributed by atoms with van der Waals surface area (Å²) in [6.45, 7) is 3.10. The molecular weight excluding hydrogens is 222 g/mol. The zero-order valence-electron chi connectivity index (χ0n) is 10.3. The number of methoxy groups -OCH3 is 1. The number of carbonyl (C=O) groups excluding carboxylic acids is 1. The molecule has 1 heterocycles. The first-order valence-electron chi connectivity index (χ1n) is 6.16. The smallest absolute Gasteiger partial charge is 0.322 e. The Hall–Kier alpha value is -0.220. The number of ether oxygens (including phenoxy) is 1. The molecule has 1 N–H and O–H groups in total. The number of carbonyl (C=O) groups is 1. The highest BCUT2D eigenvalue weighted by Crippen LogP contribution is 2.22. The molecule has 0 radical (unpaired) electrons. The van der Waals surface area contributed by atoms with Gasteiger partial charge in [-0.1, -0.05) is 19.8 Å². The number of nitrogens with one attached hydrogen (secondary N) is 1. The predicted molar refractivity (Wildman–Crippen MR) is 68.8 cm³/mol. The van der Waals surface area contributed by atoms with Gasteiger partial charge in [0.2, 0.25) is 0 Å². The molecule has 1 rings (SSSR count). The van der Waals surface area contributed by atoms with Crippen LogP contribution in [0.15, 0.2) is 0 Å². The Morgan fingerprint density at radius 2 is 2.44 bits per heavy atom. The molecule has 0 bridgehead atoms. The standard InChI is InChI=1S/C12H23NO2S/c1-3-4-5-11(12(14)15-2)13-8-10-6-7-16-9-10/h10-11,13H,3-9H2,1-2H3. The van der Waals surface area contributed by atoms with Gasteiger partial charge in [-0.25, -0.2) is 0 Å². The molecule has 0 amide bonds. The molecule has 94 valence electrons. The van der Waals surface area contributed by atoms with Gasteiger partial charge >= 0.3 is 5.97 Å². The van der Waals surface area contributed by atoms with Crippen LogP contribution in [0.5, 0.6) is 0 Å². The fourth-order valence-corrected chi connectivity index (χ4v) is 3.19. The van der Waals surface area contributed by atoms with Crippen LogP contribution in [0.3, 0.4) is 0 Å². The van der Waals surface area contributed by atoms with Crippen molar-refractivity contribution in [2.24, 2.45) is 5.92 Å². The summed E-state index contributed by atoms with van der Waals surface area (Å²) in [5, 5.41) is 3.36. The molecule has 0 saturated carbocycles. The van der Waals surface area contributed by atoms with Gasteiger partial charge in [-0.3, -0.25) is 4.79 Å². The van der Waals surface area contributed by atoms with Gasteiger partial charge < -0.3 is 10.1 Å². The average molecular weight is 245 g/mol. The third kappa shape index (κ3) is 4.74. The maximum atomic E-state index is 11.5. The molecule has 2 atom stereocenters. The van der Waals surface area contributed by atoms with E-state index in [4.69, 9.17) is 4.74 Å². The van der Waals surface area contributed by atoms with Crippen LogP contribution in [0.2, 0.25) is 0 Å². The summed E-state index contributed by atoms with van der Waals surface area (Å²) >= 11 is 2.01. The van der Waals surface area contributed by atoms with Crippen LogP contribution in [0.4, 0.5) is 0 Å². The van der Waals surface area contributed by atoms with E-state index in [2.05, 4.69) is 12.2 Å².